The standard InChI is InChI=1S/C16H27N3/c1-3-5-10-16-18-12-13-14(17-11-4-2)8-6-7-9-15(13)19-16/h12,14,17H,3-11H2,1-2H3. The summed E-state index contributed by atoms with van der Waals surface area (Å²) in [4.78, 5) is 9.40. The van der Waals surface area contributed by atoms with Crippen molar-refractivity contribution >= 4 is 0 Å². The Morgan fingerprint density at radius 1 is 1.26 bits per heavy atom. The lowest BCUT2D eigenvalue weighted by Crippen LogP contribution is -2.23. The predicted molar refractivity (Wildman–Crippen MR) is 79.2 cm³/mol. The zero-order valence-electron chi connectivity index (χ0n) is 12.4. The van der Waals surface area contributed by atoms with Gasteiger partial charge in [0.1, 0.15) is 5.82 Å². The van der Waals surface area contributed by atoms with Gasteiger partial charge in [-0.05, 0) is 38.6 Å². The first kappa shape index (κ1) is 14.4. The number of nitrogens with one attached hydrogen (secondary N) is 1. The summed E-state index contributed by atoms with van der Waals surface area (Å²) in [6.45, 7) is 5.52. The Balaban J connectivity index is 2.14. The van der Waals surface area contributed by atoms with Gasteiger partial charge in [0.25, 0.3) is 0 Å². The summed E-state index contributed by atoms with van der Waals surface area (Å²) in [6.07, 6.45) is 11.6. The second kappa shape index (κ2) is 7.59. The van der Waals surface area contributed by atoms with Crippen LogP contribution in [0.1, 0.15) is 75.5 Å². The Morgan fingerprint density at radius 2 is 2.16 bits per heavy atom. The molecule has 1 heterocycles. The topological polar surface area (TPSA) is 37.8 Å². The van der Waals surface area contributed by atoms with E-state index in [1.165, 1.54) is 49.8 Å². The van der Waals surface area contributed by atoms with Crippen LogP contribution in [0.25, 0.3) is 0 Å². The molecule has 1 aromatic heterocycles. The fraction of sp³-hybridized carbons (Fsp3) is 0.750. The number of hydrogen-bond donors (Lipinski definition) is 1. The van der Waals surface area contributed by atoms with Gasteiger partial charge in [-0.15, -0.1) is 0 Å². The van der Waals surface area contributed by atoms with Crippen LogP contribution < -0.4 is 5.32 Å². The molecule has 19 heavy (non-hydrogen) atoms. The molecule has 3 nitrogen and oxygen atoms in total. The number of nitrogens with zero attached hydrogens (tertiary/aromatic N) is 2. The molecule has 0 saturated carbocycles. The Hall–Kier alpha value is -0.960. The van der Waals surface area contributed by atoms with Crippen molar-refractivity contribution in [1.29, 1.82) is 0 Å². The molecule has 1 aliphatic carbocycles. The molecule has 0 bridgehead atoms. The summed E-state index contributed by atoms with van der Waals surface area (Å²) in [6, 6.07) is 0.470. The van der Waals surface area contributed by atoms with Gasteiger partial charge in [-0.25, -0.2) is 9.97 Å². The smallest absolute Gasteiger partial charge is 0.128 e. The summed E-state index contributed by atoms with van der Waals surface area (Å²) in [7, 11) is 0. The first-order valence-corrected chi connectivity index (χ1v) is 7.93. The van der Waals surface area contributed by atoms with E-state index in [1.54, 1.807) is 0 Å². The van der Waals surface area contributed by atoms with Crippen molar-refractivity contribution in [1.82, 2.24) is 15.3 Å². The fourth-order valence-electron chi connectivity index (χ4n) is 2.74. The fourth-order valence-corrected chi connectivity index (χ4v) is 2.74. The molecule has 3 heteroatoms. The van der Waals surface area contributed by atoms with Gasteiger partial charge < -0.3 is 5.32 Å². The van der Waals surface area contributed by atoms with Crippen molar-refractivity contribution < 1.29 is 0 Å². The maximum absolute atomic E-state index is 4.82. The molecule has 0 saturated heterocycles. The predicted octanol–water partition coefficient (Wildman–Crippen LogP) is 3.59. The number of rotatable bonds is 6. The molecule has 1 unspecified atom stereocenters. The van der Waals surface area contributed by atoms with Crippen molar-refractivity contribution in [2.75, 3.05) is 6.54 Å². The van der Waals surface area contributed by atoms with Crippen LogP contribution in [-0.4, -0.2) is 16.5 Å². The highest BCUT2D eigenvalue weighted by atomic mass is 14.9. The minimum atomic E-state index is 0.470. The molecule has 0 fully saturated rings. The second-order valence-corrected chi connectivity index (χ2v) is 5.54. The summed E-state index contributed by atoms with van der Waals surface area (Å²) < 4.78 is 0. The van der Waals surface area contributed by atoms with Crippen molar-refractivity contribution in [3.63, 3.8) is 0 Å². The minimum absolute atomic E-state index is 0.470. The molecule has 0 aliphatic heterocycles. The highest BCUT2D eigenvalue weighted by molar-refractivity contribution is 5.23. The monoisotopic (exact) mass is 261 g/mol. The zero-order valence-corrected chi connectivity index (χ0v) is 12.4. The third-order valence-electron chi connectivity index (χ3n) is 3.88. The SMILES string of the molecule is CCCCc1ncc2c(n1)CCCCC2NCCC. The van der Waals surface area contributed by atoms with Crippen molar-refractivity contribution in [2.24, 2.45) is 0 Å². The van der Waals surface area contributed by atoms with Gasteiger partial charge in [0, 0.05) is 29.9 Å². The Bertz CT molecular complexity index is 390. The molecule has 0 spiro atoms. The van der Waals surface area contributed by atoms with E-state index < -0.39 is 0 Å². The van der Waals surface area contributed by atoms with Gasteiger partial charge >= 0.3 is 0 Å². The van der Waals surface area contributed by atoms with E-state index in [-0.39, 0.29) is 0 Å². The van der Waals surface area contributed by atoms with Crippen molar-refractivity contribution in [3.8, 4) is 0 Å². The van der Waals surface area contributed by atoms with Crippen LogP contribution in [0.2, 0.25) is 0 Å². The van der Waals surface area contributed by atoms with E-state index in [9.17, 15) is 0 Å². The molecule has 2 rings (SSSR count). The number of aryl methyl sites for hydroxylation is 2. The normalized spacial score (nSPS) is 18.9. The molecule has 1 N–H and O–H groups in total. The zero-order chi connectivity index (χ0) is 13.5. The summed E-state index contributed by atoms with van der Waals surface area (Å²) in [5.74, 6) is 1.04. The molecular weight excluding hydrogens is 234 g/mol. The van der Waals surface area contributed by atoms with Crippen LogP contribution >= 0.6 is 0 Å². The number of fused-ring (bicyclic) bond motifs is 1. The van der Waals surface area contributed by atoms with E-state index in [4.69, 9.17) is 4.98 Å². The highest BCUT2D eigenvalue weighted by Gasteiger charge is 2.19. The van der Waals surface area contributed by atoms with Crippen LogP contribution in [0.15, 0.2) is 6.20 Å². The molecule has 0 radical (unpaired) electrons. The van der Waals surface area contributed by atoms with Crippen LogP contribution in [0.3, 0.4) is 0 Å². The van der Waals surface area contributed by atoms with Gasteiger partial charge in [0.15, 0.2) is 0 Å². The van der Waals surface area contributed by atoms with E-state index >= 15 is 0 Å². The lowest BCUT2D eigenvalue weighted by atomic mass is 10.0. The minimum Gasteiger partial charge on any atom is -0.310 e. The van der Waals surface area contributed by atoms with Crippen LogP contribution in [0, 0.1) is 0 Å². The Kier molecular flexibility index (Phi) is 5.77. The number of aromatic nitrogens is 2. The number of hydrogen-bond acceptors (Lipinski definition) is 3. The quantitative estimate of drug-likeness (QED) is 0.795. The lowest BCUT2D eigenvalue weighted by molar-refractivity contribution is 0.488. The third kappa shape index (κ3) is 4.00. The van der Waals surface area contributed by atoms with E-state index in [0.717, 1.165) is 25.2 Å². The van der Waals surface area contributed by atoms with Crippen molar-refractivity contribution in [2.45, 2.75) is 71.3 Å². The largest absolute Gasteiger partial charge is 0.310 e. The average Bonchev–Trinajstić information content (AvgIpc) is 2.64. The van der Waals surface area contributed by atoms with Crippen LogP contribution in [-0.2, 0) is 12.8 Å². The van der Waals surface area contributed by atoms with Crippen LogP contribution in [0.5, 0.6) is 0 Å². The second-order valence-electron chi connectivity index (χ2n) is 5.54. The van der Waals surface area contributed by atoms with Crippen LogP contribution in [0.4, 0.5) is 0 Å². The first-order valence-electron chi connectivity index (χ1n) is 7.93. The summed E-state index contributed by atoms with van der Waals surface area (Å²) >= 11 is 0. The van der Waals surface area contributed by atoms with Gasteiger partial charge in [-0.3, -0.25) is 0 Å². The van der Waals surface area contributed by atoms with Gasteiger partial charge in [-0.1, -0.05) is 26.7 Å². The molecule has 0 amide bonds. The summed E-state index contributed by atoms with van der Waals surface area (Å²) in [5.41, 5.74) is 2.65. The molecular formula is C16H27N3. The maximum Gasteiger partial charge on any atom is 0.128 e. The van der Waals surface area contributed by atoms with E-state index in [1.807, 2.05) is 0 Å². The average molecular weight is 261 g/mol. The van der Waals surface area contributed by atoms with E-state index in [2.05, 4.69) is 30.3 Å². The van der Waals surface area contributed by atoms with Gasteiger partial charge in [-0.2, -0.15) is 0 Å². The lowest BCUT2D eigenvalue weighted by Gasteiger charge is -2.18. The van der Waals surface area contributed by atoms with E-state index in [0.29, 0.717) is 6.04 Å². The van der Waals surface area contributed by atoms with Crippen molar-refractivity contribution in [3.05, 3.63) is 23.3 Å². The Morgan fingerprint density at radius 3 is 2.95 bits per heavy atom. The Labute approximate surface area is 117 Å². The number of unbranched alkanes of at least 4 members (excludes halogenated alkanes) is 1. The molecule has 0 aromatic carbocycles. The van der Waals surface area contributed by atoms with Gasteiger partial charge in [0.2, 0.25) is 0 Å². The summed E-state index contributed by atoms with van der Waals surface area (Å²) in [5, 5.41) is 3.65. The molecule has 1 aliphatic rings. The maximum atomic E-state index is 4.82. The van der Waals surface area contributed by atoms with Gasteiger partial charge in [0.05, 0.1) is 0 Å². The molecule has 1 aromatic rings. The highest BCUT2D eigenvalue weighted by Crippen LogP contribution is 2.27. The first-order chi connectivity index (χ1) is 9.35. The molecule has 106 valence electrons. The molecule has 1 atom stereocenters. The third-order valence-corrected chi connectivity index (χ3v) is 3.88.